The van der Waals surface area contributed by atoms with Gasteiger partial charge in [-0.05, 0) is 31.4 Å². The first kappa shape index (κ1) is 15.5. The van der Waals surface area contributed by atoms with Gasteiger partial charge in [-0.25, -0.2) is 0 Å². The Bertz CT molecular complexity index is 516. The lowest BCUT2D eigenvalue weighted by atomic mass is 10.0. The first-order valence-corrected chi connectivity index (χ1v) is 7.40. The number of nitrogens with zero attached hydrogens (tertiary/aromatic N) is 1. The van der Waals surface area contributed by atoms with Crippen LogP contribution in [0.5, 0.6) is 0 Å². The molecule has 1 aromatic carbocycles. The number of nitrogens with one attached hydrogen (secondary N) is 1. The molecule has 1 unspecified atom stereocenters. The average Bonchev–Trinajstić information content (AvgIpc) is 2.46. The van der Waals surface area contributed by atoms with Crippen LogP contribution in [0.3, 0.4) is 0 Å². The summed E-state index contributed by atoms with van der Waals surface area (Å²) >= 11 is 0. The number of benzene rings is 1. The van der Waals surface area contributed by atoms with Gasteiger partial charge in [0.2, 0.25) is 11.8 Å². The molecule has 0 aliphatic carbocycles. The molecule has 5 heteroatoms. The Balaban J connectivity index is 1.93. The maximum absolute atomic E-state index is 12.1. The van der Waals surface area contributed by atoms with Crippen molar-refractivity contribution in [2.75, 3.05) is 18.1 Å². The Hall–Kier alpha value is -1.88. The largest absolute Gasteiger partial charge is 0.396 e. The highest BCUT2D eigenvalue weighted by Crippen LogP contribution is 2.27. The smallest absolute Gasteiger partial charge is 0.227 e. The summed E-state index contributed by atoms with van der Waals surface area (Å²) in [4.78, 5) is 25.6. The van der Waals surface area contributed by atoms with Crippen LogP contribution in [-0.2, 0) is 16.0 Å². The van der Waals surface area contributed by atoms with Crippen molar-refractivity contribution in [2.24, 2.45) is 0 Å². The lowest BCUT2D eigenvalue weighted by Crippen LogP contribution is -2.40. The minimum Gasteiger partial charge on any atom is -0.396 e. The summed E-state index contributed by atoms with van der Waals surface area (Å²) in [6, 6.07) is 7.78. The van der Waals surface area contributed by atoms with E-state index in [2.05, 4.69) is 5.32 Å². The van der Waals surface area contributed by atoms with Gasteiger partial charge in [0.15, 0.2) is 0 Å². The third-order valence-electron chi connectivity index (χ3n) is 3.72. The fraction of sp³-hybridized carbons (Fsp3) is 0.500. The SMILES string of the molecule is CC(CCO)NC(=O)CCN1C(=O)CCc2ccccc21. The predicted octanol–water partition coefficient (Wildman–Crippen LogP) is 1.24. The van der Waals surface area contributed by atoms with Crippen molar-refractivity contribution in [3.05, 3.63) is 29.8 Å². The van der Waals surface area contributed by atoms with Gasteiger partial charge in [-0.15, -0.1) is 0 Å². The lowest BCUT2D eigenvalue weighted by molar-refractivity contribution is -0.121. The summed E-state index contributed by atoms with van der Waals surface area (Å²) in [5.41, 5.74) is 2.08. The Kier molecular flexibility index (Phi) is 5.33. The van der Waals surface area contributed by atoms with E-state index in [1.54, 1.807) is 4.90 Å². The Labute approximate surface area is 125 Å². The molecule has 1 aromatic rings. The van der Waals surface area contributed by atoms with E-state index in [0.29, 0.717) is 19.4 Å². The minimum absolute atomic E-state index is 0.0492. The number of amides is 2. The van der Waals surface area contributed by atoms with Crippen molar-refractivity contribution in [1.29, 1.82) is 0 Å². The van der Waals surface area contributed by atoms with Gasteiger partial charge in [0.05, 0.1) is 0 Å². The topological polar surface area (TPSA) is 69.6 Å². The summed E-state index contributed by atoms with van der Waals surface area (Å²) in [7, 11) is 0. The molecule has 0 fully saturated rings. The predicted molar refractivity (Wildman–Crippen MR) is 81.0 cm³/mol. The van der Waals surface area contributed by atoms with Gasteiger partial charge in [0.1, 0.15) is 0 Å². The second-order valence-electron chi connectivity index (χ2n) is 5.40. The number of hydrogen-bond acceptors (Lipinski definition) is 3. The zero-order valence-corrected chi connectivity index (χ0v) is 12.3. The number of aryl methyl sites for hydroxylation is 1. The number of rotatable bonds is 6. The summed E-state index contributed by atoms with van der Waals surface area (Å²) in [5, 5.41) is 11.6. The number of hydrogen-bond donors (Lipinski definition) is 2. The van der Waals surface area contributed by atoms with Crippen LogP contribution in [0.1, 0.15) is 31.7 Å². The molecule has 0 bridgehead atoms. The fourth-order valence-corrected chi connectivity index (χ4v) is 2.57. The van der Waals surface area contributed by atoms with Gasteiger partial charge in [-0.2, -0.15) is 0 Å². The van der Waals surface area contributed by atoms with E-state index in [0.717, 1.165) is 17.7 Å². The van der Waals surface area contributed by atoms with Crippen molar-refractivity contribution >= 4 is 17.5 Å². The number of aliphatic hydroxyl groups excluding tert-OH is 1. The maximum atomic E-state index is 12.1. The van der Waals surface area contributed by atoms with Crippen LogP contribution in [0.2, 0.25) is 0 Å². The van der Waals surface area contributed by atoms with Crippen LogP contribution in [0.25, 0.3) is 0 Å². The van der Waals surface area contributed by atoms with Crippen LogP contribution in [0.15, 0.2) is 24.3 Å². The van der Waals surface area contributed by atoms with E-state index in [4.69, 9.17) is 5.11 Å². The summed E-state index contributed by atoms with van der Waals surface area (Å²) < 4.78 is 0. The van der Waals surface area contributed by atoms with Crippen LogP contribution in [0, 0.1) is 0 Å². The summed E-state index contributed by atoms with van der Waals surface area (Å²) in [6.07, 6.45) is 2.08. The molecule has 0 aromatic heterocycles. The quantitative estimate of drug-likeness (QED) is 0.828. The Morgan fingerprint density at radius 2 is 2.14 bits per heavy atom. The second-order valence-corrected chi connectivity index (χ2v) is 5.40. The van der Waals surface area contributed by atoms with Gasteiger partial charge < -0.3 is 15.3 Å². The number of carbonyl (C=O) groups excluding carboxylic acids is 2. The van der Waals surface area contributed by atoms with Gasteiger partial charge in [0.25, 0.3) is 0 Å². The van der Waals surface area contributed by atoms with Crippen molar-refractivity contribution < 1.29 is 14.7 Å². The van der Waals surface area contributed by atoms with Crippen LogP contribution in [-0.4, -0.2) is 36.1 Å². The number of anilines is 1. The Morgan fingerprint density at radius 3 is 2.90 bits per heavy atom. The summed E-state index contributed by atoms with van der Waals surface area (Å²) in [5.74, 6) is -0.0169. The zero-order chi connectivity index (χ0) is 15.2. The number of fused-ring (bicyclic) bond motifs is 1. The molecule has 2 N–H and O–H groups in total. The molecule has 114 valence electrons. The summed E-state index contributed by atoms with van der Waals surface area (Å²) in [6.45, 7) is 2.31. The molecule has 0 saturated carbocycles. The highest BCUT2D eigenvalue weighted by atomic mass is 16.3. The molecular formula is C16H22N2O3. The molecular weight excluding hydrogens is 268 g/mol. The van der Waals surface area contributed by atoms with E-state index in [-0.39, 0.29) is 30.9 Å². The van der Waals surface area contributed by atoms with Gasteiger partial charge in [0, 0.05) is 37.7 Å². The van der Waals surface area contributed by atoms with Crippen molar-refractivity contribution in [3.63, 3.8) is 0 Å². The van der Waals surface area contributed by atoms with Crippen molar-refractivity contribution in [2.45, 2.75) is 38.6 Å². The molecule has 2 amide bonds. The first-order valence-electron chi connectivity index (χ1n) is 7.40. The van der Waals surface area contributed by atoms with Gasteiger partial charge >= 0.3 is 0 Å². The second kappa shape index (κ2) is 7.22. The third kappa shape index (κ3) is 4.04. The molecule has 1 aliphatic heterocycles. The molecule has 5 nitrogen and oxygen atoms in total. The fourth-order valence-electron chi connectivity index (χ4n) is 2.57. The van der Waals surface area contributed by atoms with E-state index in [1.807, 2.05) is 31.2 Å². The molecule has 1 heterocycles. The minimum atomic E-state index is -0.0909. The monoisotopic (exact) mass is 290 g/mol. The average molecular weight is 290 g/mol. The van der Waals surface area contributed by atoms with Crippen LogP contribution in [0.4, 0.5) is 5.69 Å². The number of carbonyl (C=O) groups is 2. The van der Waals surface area contributed by atoms with E-state index in [9.17, 15) is 9.59 Å². The van der Waals surface area contributed by atoms with Gasteiger partial charge in [-0.3, -0.25) is 9.59 Å². The molecule has 1 aliphatic rings. The lowest BCUT2D eigenvalue weighted by Gasteiger charge is -2.29. The van der Waals surface area contributed by atoms with Crippen molar-refractivity contribution in [1.82, 2.24) is 5.32 Å². The first-order chi connectivity index (χ1) is 10.1. The highest BCUT2D eigenvalue weighted by molar-refractivity contribution is 5.96. The van der Waals surface area contributed by atoms with E-state index >= 15 is 0 Å². The van der Waals surface area contributed by atoms with E-state index < -0.39 is 0 Å². The molecule has 0 radical (unpaired) electrons. The Morgan fingerprint density at radius 1 is 1.38 bits per heavy atom. The highest BCUT2D eigenvalue weighted by Gasteiger charge is 2.24. The molecule has 0 saturated heterocycles. The molecule has 2 rings (SSSR count). The van der Waals surface area contributed by atoms with Crippen LogP contribution >= 0.6 is 0 Å². The van der Waals surface area contributed by atoms with Crippen molar-refractivity contribution in [3.8, 4) is 0 Å². The van der Waals surface area contributed by atoms with Gasteiger partial charge in [-0.1, -0.05) is 18.2 Å². The number of para-hydroxylation sites is 1. The third-order valence-corrected chi connectivity index (χ3v) is 3.72. The molecule has 1 atom stereocenters. The zero-order valence-electron chi connectivity index (χ0n) is 12.3. The number of aliphatic hydroxyl groups is 1. The molecule has 21 heavy (non-hydrogen) atoms. The standard InChI is InChI=1S/C16H22N2O3/c1-12(9-11-19)17-15(20)8-10-18-14-5-3-2-4-13(14)6-7-16(18)21/h2-5,12,19H,6-11H2,1H3,(H,17,20). The molecule has 0 spiro atoms. The normalized spacial score (nSPS) is 15.5. The maximum Gasteiger partial charge on any atom is 0.227 e. The van der Waals surface area contributed by atoms with Crippen LogP contribution < -0.4 is 10.2 Å². The van der Waals surface area contributed by atoms with E-state index in [1.165, 1.54) is 0 Å².